The number of hydrogen-bond acceptors (Lipinski definition) is 6. The van der Waals surface area contributed by atoms with Crippen LogP contribution in [0.25, 0.3) is 16.8 Å². The molecule has 5 nitrogen and oxygen atoms in total. The summed E-state index contributed by atoms with van der Waals surface area (Å²) in [6.07, 6.45) is 3.94. The Morgan fingerprint density at radius 3 is 2.83 bits per heavy atom. The molecule has 0 aliphatic carbocycles. The summed E-state index contributed by atoms with van der Waals surface area (Å²) in [5.74, 6) is 1.30. The third kappa shape index (κ3) is 5.56. The normalized spacial score (nSPS) is 19.0. The molecule has 2 aliphatic rings. The predicted octanol–water partition coefficient (Wildman–Crippen LogP) is 6.80. The average molecular weight is 632 g/mol. The van der Waals surface area contributed by atoms with Crippen LogP contribution >= 0.6 is 46.6 Å². The standard InChI is InChI=1S/C28H26INO4S2/c1-2-32-24-14-18(15-25-27(31)30(28(35)36-25)16-21-10-6-12-33-21)13-23(29)26(24)34-17-20-9-5-8-19-7-3-4-11-22(19)20/h3-5,7-9,11,13-15,21H,2,6,10,12,16-17H2,1H3/b25-15-/t21-/m1/s1. The summed E-state index contributed by atoms with van der Waals surface area (Å²) in [6.45, 7) is 4.16. The molecule has 1 amide bonds. The van der Waals surface area contributed by atoms with Crippen LogP contribution in [0.1, 0.15) is 30.9 Å². The highest BCUT2D eigenvalue weighted by Gasteiger charge is 2.34. The lowest BCUT2D eigenvalue weighted by Gasteiger charge is -2.18. The van der Waals surface area contributed by atoms with E-state index in [2.05, 4.69) is 46.9 Å². The number of nitrogens with zero attached hydrogens (tertiary/aromatic N) is 1. The second-order valence-corrected chi connectivity index (χ2v) is 11.5. The molecule has 2 aliphatic heterocycles. The zero-order chi connectivity index (χ0) is 25.1. The molecule has 5 rings (SSSR count). The summed E-state index contributed by atoms with van der Waals surface area (Å²) >= 11 is 9.10. The summed E-state index contributed by atoms with van der Waals surface area (Å²) in [6, 6.07) is 18.5. The Morgan fingerprint density at radius 1 is 1.19 bits per heavy atom. The minimum absolute atomic E-state index is 0.0650. The fraction of sp³-hybridized carbons (Fsp3) is 0.286. The van der Waals surface area contributed by atoms with Crippen LogP contribution in [-0.4, -0.2) is 41.0 Å². The van der Waals surface area contributed by atoms with E-state index >= 15 is 0 Å². The van der Waals surface area contributed by atoms with Crippen LogP contribution in [-0.2, 0) is 16.1 Å². The molecule has 2 heterocycles. The van der Waals surface area contributed by atoms with Crippen LogP contribution in [0, 0.1) is 3.57 Å². The Morgan fingerprint density at radius 2 is 2.03 bits per heavy atom. The molecule has 186 valence electrons. The molecular weight excluding hydrogens is 605 g/mol. The third-order valence-corrected chi connectivity index (χ3v) is 8.34. The number of hydrogen-bond donors (Lipinski definition) is 0. The van der Waals surface area contributed by atoms with E-state index in [4.69, 9.17) is 26.4 Å². The van der Waals surface area contributed by atoms with E-state index in [1.807, 2.05) is 43.3 Å². The van der Waals surface area contributed by atoms with Gasteiger partial charge in [0.25, 0.3) is 5.91 Å². The van der Waals surface area contributed by atoms with Crippen molar-refractivity contribution >= 4 is 73.6 Å². The lowest BCUT2D eigenvalue weighted by Crippen LogP contribution is -2.35. The molecule has 8 heteroatoms. The van der Waals surface area contributed by atoms with Gasteiger partial charge in [-0.25, -0.2) is 0 Å². The van der Waals surface area contributed by atoms with Gasteiger partial charge in [0.2, 0.25) is 0 Å². The number of halogens is 1. The Kier molecular flexibility index (Phi) is 8.15. The van der Waals surface area contributed by atoms with Gasteiger partial charge in [0, 0.05) is 6.61 Å². The molecule has 1 atom stereocenters. The van der Waals surface area contributed by atoms with Gasteiger partial charge in [0.15, 0.2) is 11.5 Å². The molecule has 0 N–H and O–H groups in total. The molecule has 0 spiro atoms. The molecule has 36 heavy (non-hydrogen) atoms. The minimum Gasteiger partial charge on any atom is -0.490 e. The largest absolute Gasteiger partial charge is 0.490 e. The Balaban J connectivity index is 1.37. The number of benzene rings is 3. The second kappa shape index (κ2) is 11.5. The van der Waals surface area contributed by atoms with Gasteiger partial charge < -0.3 is 14.2 Å². The van der Waals surface area contributed by atoms with E-state index in [0.717, 1.165) is 34.1 Å². The van der Waals surface area contributed by atoms with Crippen LogP contribution in [0.2, 0.25) is 0 Å². The van der Waals surface area contributed by atoms with Crippen molar-refractivity contribution in [1.82, 2.24) is 4.90 Å². The third-order valence-electron chi connectivity index (χ3n) is 6.17. The fourth-order valence-corrected chi connectivity index (χ4v) is 6.50. The van der Waals surface area contributed by atoms with Crippen molar-refractivity contribution in [3.63, 3.8) is 0 Å². The average Bonchev–Trinajstić information content (AvgIpc) is 3.48. The molecule has 2 saturated heterocycles. The van der Waals surface area contributed by atoms with Crippen molar-refractivity contribution < 1.29 is 19.0 Å². The number of ether oxygens (including phenoxy) is 3. The molecule has 3 aromatic rings. The fourth-order valence-electron chi connectivity index (χ4n) is 4.44. The molecule has 0 saturated carbocycles. The van der Waals surface area contributed by atoms with E-state index in [-0.39, 0.29) is 12.0 Å². The molecular formula is C28H26INO4S2. The number of rotatable bonds is 8. The van der Waals surface area contributed by atoms with Crippen LogP contribution in [0.5, 0.6) is 11.5 Å². The topological polar surface area (TPSA) is 48.0 Å². The first kappa shape index (κ1) is 25.5. The molecule has 3 aromatic carbocycles. The molecule has 2 fully saturated rings. The van der Waals surface area contributed by atoms with Crippen molar-refractivity contribution in [1.29, 1.82) is 0 Å². The SMILES string of the molecule is CCOc1cc(/C=C2\SC(=S)N(C[C@H]3CCCO3)C2=O)cc(I)c1OCc1cccc2ccccc12. The van der Waals surface area contributed by atoms with E-state index in [9.17, 15) is 4.79 Å². The number of amides is 1. The molecule has 0 radical (unpaired) electrons. The van der Waals surface area contributed by atoms with Gasteiger partial charge >= 0.3 is 0 Å². The Bertz CT molecular complexity index is 1330. The first-order valence-electron chi connectivity index (χ1n) is 12.0. The van der Waals surface area contributed by atoms with Crippen LogP contribution < -0.4 is 9.47 Å². The van der Waals surface area contributed by atoms with E-state index < -0.39 is 0 Å². The summed E-state index contributed by atoms with van der Waals surface area (Å²) in [7, 11) is 0. The van der Waals surface area contributed by atoms with Crippen LogP contribution in [0.3, 0.4) is 0 Å². The smallest absolute Gasteiger partial charge is 0.266 e. The summed E-state index contributed by atoms with van der Waals surface area (Å²) < 4.78 is 19.5. The number of carbonyl (C=O) groups is 1. The monoisotopic (exact) mass is 631 g/mol. The minimum atomic E-state index is -0.0650. The molecule has 0 bridgehead atoms. The van der Waals surface area contributed by atoms with Crippen LogP contribution in [0.15, 0.2) is 59.5 Å². The highest BCUT2D eigenvalue weighted by Crippen LogP contribution is 2.38. The number of thiocarbonyl (C=S) groups is 1. The lowest BCUT2D eigenvalue weighted by molar-refractivity contribution is -0.123. The number of thioether (sulfide) groups is 1. The predicted molar refractivity (Wildman–Crippen MR) is 157 cm³/mol. The lowest BCUT2D eigenvalue weighted by atomic mass is 10.1. The van der Waals surface area contributed by atoms with Gasteiger partial charge in [-0.15, -0.1) is 0 Å². The number of fused-ring (bicyclic) bond motifs is 1. The zero-order valence-corrected chi connectivity index (χ0v) is 23.7. The second-order valence-electron chi connectivity index (χ2n) is 8.62. The molecule has 0 unspecified atom stereocenters. The van der Waals surface area contributed by atoms with Crippen molar-refractivity contribution in [2.45, 2.75) is 32.5 Å². The van der Waals surface area contributed by atoms with Gasteiger partial charge in [0.1, 0.15) is 10.9 Å². The summed E-state index contributed by atoms with van der Waals surface area (Å²) in [4.78, 5) is 15.3. The van der Waals surface area contributed by atoms with Gasteiger partial charge in [-0.3, -0.25) is 9.69 Å². The molecule has 0 aromatic heterocycles. The zero-order valence-electron chi connectivity index (χ0n) is 19.9. The van der Waals surface area contributed by atoms with E-state index in [1.165, 1.54) is 22.5 Å². The first-order valence-corrected chi connectivity index (χ1v) is 14.3. The summed E-state index contributed by atoms with van der Waals surface area (Å²) in [5, 5.41) is 2.36. The maximum absolute atomic E-state index is 13.1. The Hall–Kier alpha value is -2.14. The van der Waals surface area contributed by atoms with E-state index in [0.29, 0.717) is 40.5 Å². The van der Waals surface area contributed by atoms with Crippen molar-refractivity contribution in [2.75, 3.05) is 19.8 Å². The van der Waals surface area contributed by atoms with Gasteiger partial charge in [-0.1, -0.05) is 66.4 Å². The maximum Gasteiger partial charge on any atom is 0.266 e. The summed E-state index contributed by atoms with van der Waals surface area (Å²) in [5.41, 5.74) is 1.99. The van der Waals surface area contributed by atoms with E-state index in [1.54, 1.807) is 4.90 Å². The van der Waals surface area contributed by atoms with Crippen molar-refractivity contribution in [2.24, 2.45) is 0 Å². The maximum atomic E-state index is 13.1. The Labute approximate surface area is 234 Å². The quantitative estimate of drug-likeness (QED) is 0.155. The highest BCUT2D eigenvalue weighted by molar-refractivity contribution is 14.1. The van der Waals surface area contributed by atoms with Crippen molar-refractivity contribution in [3.8, 4) is 11.5 Å². The highest BCUT2D eigenvalue weighted by atomic mass is 127. The first-order chi connectivity index (χ1) is 17.5. The van der Waals surface area contributed by atoms with Gasteiger partial charge in [0.05, 0.1) is 27.7 Å². The van der Waals surface area contributed by atoms with Gasteiger partial charge in [-0.05, 0) is 82.5 Å². The van der Waals surface area contributed by atoms with Crippen LogP contribution in [0.4, 0.5) is 0 Å². The van der Waals surface area contributed by atoms with Gasteiger partial charge in [-0.2, -0.15) is 0 Å². The van der Waals surface area contributed by atoms with Crippen molar-refractivity contribution in [3.05, 3.63) is 74.2 Å². The number of carbonyl (C=O) groups excluding carboxylic acids is 1.